The highest BCUT2D eigenvalue weighted by atomic mass is 14.9. The second-order valence-corrected chi connectivity index (χ2v) is 13.2. The molecule has 0 spiro atoms. The minimum Gasteiger partial charge on any atom is -0.385 e. The summed E-state index contributed by atoms with van der Waals surface area (Å²) in [5, 5.41) is 3.58. The number of hydrogen-bond acceptors (Lipinski definition) is 1. The standard InChI is InChI=1S/C37H57N/c1-6-8-11-22-37(23-12-10-13-24-37)33-17-14-31(15-18-33)30(5)35-20-16-32(26-28(35)3)36-21-19-34(27-29(36)4)38-25-9-7-2/h16,19-21,26-27,30-31,33,38H,6-15,17-18,22-25H2,1-5H3. The highest BCUT2D eigenvalue weighted by molar-refractivity contribution is 5.71. The summed E-state index contributed by atoms with van der Waals surface area (Å²) in [5.41, 5.74) is 9.10. The molecule has 1 heteroatoms. The van der Waals surface area contributed by atoms with Crippen LogP contribution < -0.4 is 5.32 Å². The lowest BCUT2D eigenvalue weighted by Gasteiger charge is -2.47. The molecule has 1 nitrogen and oxygen atoms in total. The lowest BCUT2D eigenvalue weighted by atomic mass is 9.58. The molecule has 4 rings (SSSR count). The van der Waals surface area contributed by atoms with Crippen LogP contribution in [0.2, 0.25) is 0 Å². The van der Waals surface area contributed by atoms with Gasteiger partial charge in [0.05, 0.1) is 0 Å². The van der Waals surface area contributed by atoms with Crippen LogP contribution in [0.5, 0.6) is 0 Å². The number of unbranched alkanes of at least 4 members (excludes halogenated alkanes) is 3. The monoisotopic (exact) mass is 515 g/mol. The van der Waals surface area contributed by atoms with Crippen molar-refractivity contribution in [1.82, 2.24) is 0 Å². The molecule has 210 valence electrons. The number of aryl methyl sites for hydroxylation is 2. The minimum atomic E-state index is 0.665. The maximum atomic E-state index is 3.58. The van der Waals surface area contributed by atoms with Crippen LogP contribution in [0, 0.1) is 31.1 Å². The van der Waals surface area contributed by atoms with Gasteiger partial charge in [0, 0.05) is 12.2 Å². The van der Waals surface area contributed by atoms with Gasteiger partial charge >= 0.3 is 0 Å². The van der Waals surface area contributed by atoms with Gasteiger partial charge in [-0.25, -0.2) is 0 Å². The molecule has 0 aromatic heterocycles. The SMILES string of the molecule is CCCCCC1(C2CCC(C(C)c3ccc(-c4ccc(NCCCC)cc4C)cc3C)CC2)CCCCC1. The van der Waals surface area contributed by atoms with Crippen molar-refractivity contribution in [3.8, 4) is 11.1 Å². The van der Waals surface area contributed by atoms with Crippen molar-refractivity contribution < 1.29 is 0 Å². The molecule has 1 unspecified atom stereocenters. The molecule has 1 N–H and O–H groups in total. The van der Waals surface area contributed by atoms with Gasteiger partial charge in [-0.05, 0) is 128 Å². The van der Waals surface area contributed by atoms with Gasteiger partial charge in [0.1, 0.15) is 0 Å². The lowest BCUT2D eigenvalue weighted by Crippen LogP contribution is -2.36. The molecule has 2 aliphatic rings. The Morgan fingerprint density at radius 3 is 2.21 bits per heavy atom. The fourth-order valence-electron chi connectivity index (χ4n) is 8.19. The first kappa shape index (κ1) is 29.2. The normalized spacial score (nSPS) is 22.2. The van der Waals surface area contributed by atoms with Gasteiger partial charge in [-0.15, -0.1) is 0 Å². The minimum absolute atomic E-state index is 0.665. The molecule has 0 amide bonds. The summed E-state index contributed by atoms with van der Waals surface area (Å²) >= 11 is 0. The Bertz CT molecular complexity index is 990. The molecule has 0 bridgehead atoms. The number of nitrogens with one attached hydrogen (secondary N) is 1. The number of benzene rings is 2. The maximum absolute atomic E-state index is 3.58. The fourth-order valence-corrected chi connectivity index (χ4v) is 8.19. The molecule has 1 atom stereocenters. The predicted octanol–water partition coefficient (Wildman–Crippen LogP) is 11.6. The van der Waals surface area contributed by atoms with Crippen molar-refractivity contribution in [3.63, 3.8) is 0 Å². The highest BCUT2D eigenvalue weighted by Crippen LogP contribution is 2.53. The zero-order chi connectivity index (χ0) is 27.0. The molecule has 2 fully saturated rings. The van der Waals surface area contributed by atoms with Crippen LogP contribution in [0.25, 0.3) is 11.1 Å². The Labute approximate surface area is 235 Å². The van der Waals surface area contributed by atoms with Gasteiger partial charge in [-0.1, -0.05) is 90.0 Å². The molecule has 0 heterocycles. The van der Waals surface area contributed by atoms with Crippen LogP contribution in [-0.2, 0) is 0 Å². The summed E-state index contributed by atoms with van der Waals surface area (Å²) in [7, 11) is 0. The molecule has 2 aliphatic carbocycles. The van der Waals surface area contributed by atoms with E-state index in [-0.39, 0.29) is 0 Å². The second-order valence-electron chi connectivity index (χ2n) is 13.2. The molecular weight excluding hydrogens is 458 g/mol. The molecule has 2 saturated carbocycles. The molecule has 0 saturated heterocycles. The van der Waals surface area contributed by atoms with E-state index < -0.39 is 0 Å². The third-order valence-corrected chi connectivity index (χ3v) is 10.6. The van der Waals surface area contributed by atoms with Crippen LogP contribution in [0.1, 0.15) is 140 Å². The van der Waals surface area contributed by atoms with E-state index >= 15 is 0 Å². The maximum Gasteiger partial charge on any atom is 0.0343 e. The summed E-state index contributed by atoms with van der Waals surface area (Å²) in [6, 6.07) is 14.2. The van der Waals surface area contributed by atoms with Crippen molar-refractivity contribution in [1.29, 1.82) is 0 Å². The average molecular weight is 516 g/mol. The zero-order valence-electron chi connectivity index (χ0n) is 25.5. The lowest BCUT2D eigenvalue weighted by molar-refractivity contribution is 0.0409. The molecule has 2 aromatic carbocycles. The van der Waals surface area contributed by atoms with E-state index in [1.807, 2.05) is 0 Å². The van der Waals surface area contributed by atoms with Crippen molar-refractivity contribution >= 4 is 5.69 Å². The van der Waals surface area contributed by atoms with Crippen molar-refractivity contribution in [2.75, 3.05) is 11.9 Å². The zero-order valence-corrected chi connectivity index (χ0v) is 25.5. The third-order valence-electron chi connectivity index (χ3n) is 10.6. The topological polar surface area (TPSA) is 12.0 Å². The molecule has 0 aliphatic heterocycles. The Morgan fingerprint density at radius 2 is 1.55 bits per heavy atom. The van der Waals surface area contributed by atoms with Crippen molar-refractivity contribution in [2.45, 2.75) is 137 Å². The third kappa shape index (κ3) is 7.05. The number of rotatable bonds is 12. The van der Waals surface area contributed by atoms with Crippen LogP contribution in [0.4, 0.5) is 5.69 Å². The van der Waals surface area contributed by atoms with E-state index in [2.05, 4.69) is 76.3 Å². The molecular formula is C37H57N. The van der Waals surface area contributed by atoms with Gasteiger partial charge in [0.25, 0.3) is 0 Å². The Morgan fingerprint density at radius 1 is 0.816 bits per heavy atom. The number of hydrogen-bond donors (Lipinski definition) is 1. The number of anilines is 1. The molecule has 2 aromatic rings. The van der Waals surface area contributed by atoms with E-state index in [1.165, 1.54) is 124 Å². The Hall–Kier alpha value is -1.76. The van der Waals surface area contributed by atoms with Gasteiger partial charge in [0.15, 0.2) is 0 Å². The van der Waals surface area contributed by atoms with Crippen molar-refractivity contribution in [2.24, 2.45) is 17.3 Å². The quantitative estimate of drug-likeness (QED) is 0.277. The first-order valence-corrected chi connectivity index (χ1v) is 16.4. The van der Waals surface area contributed by atoms with Crippen LogP contribution in [0.15, 0.2) is 36.4 Å². The molecule has 38 heavy (non-hydrogen) atoms. The van der Waals surface area contributed by atoms with E-state index in [1.54, 1.807) is 5.56 Å². The van der Waals surface area contributed by atoms with Gasteiger partial charge in [-0.3, -0.25) is 0 Å². The van der Waals surface area contributed by atoms with Crippen LogP contribution in [0.3, 0.4) is 0 Å². The largest absolute Gasteiger partial charge is 0.385 e. The van der Waals surface area contributed by atoms with E-state index in [9.17, 15) is 0 Å². The smallest absolute Gasteiger partial charge is 0.0343 e. The van der Waals surface area contributed by atoms with Gasteiger partial charge in [-0.2, -0.15) is 0 Å². The van der Waals surface area contributed by atoms with E-state index in [0.717, 1.165) is 18.4 Å². The van der Waals surface area contributed by atoms with E-state index in [4.69, 9.17) is 0 Å². The summed E-state index contributed by atoms with van der Waals surface area (Å²) in [5.74, 6) is 2.51. The fraction of sp³-hybridized carbons (Fsp3) is 0.676. The Balaban J connectivity index is 1.39. The summed E-state index contributed by atoms with van der Waals surface area (Å²) in [4.78, 5) is 0. The first-order chi connectivity index (χ1) is 18.5. The Kier molecular flexibility index (Phi) is 10.8. The summed E-state index contributed by atoms with van der Waals surface area (Å²) in [6.07, 6.45) is 21.6. The van der Waals surface area contributed by atoms with Crippen molar-refractivity contribution in [3.05, 3.63) is 53.1 Å². The highest BCUT2D eigenvalue weighted by Gasteiger charge is 2.41. The van der Waals surface area contributed by atoms with E-state index in [0.29, 0.717) is 11.3 Å². The first-order valence-electron chi connectivity index (χ1n) is 16.4. The molecule has 0 radical (unpaired) electrons. The average Bonchev–Trinajstić information content (AvgIpc) is 2.94. The van der Waals surface area contributed by atoms with Gasteiger partial charge in [0.2, 0.25) is 0 Å². The summed E-state index contributed by atoms with van der Waals surface area (Å²) in [6.45, 7) is 12.8. The predicted molar refractivity (Wildman–Crippen MR) is 168 cm³/mol. The summed E-state index contributed by atoms with van der Waals surface area (Å²) < 4.78 is 0. The van der Waals surface area contributed by atoms with Gasteiger partial charge < -0.3 is 5.32 Å². The van der Waals surface area contributed by atoms with Crippen LogP contribution >= 0.6 is 0 Å². The second kappa shape index (κ2) is 14.0. The van der Waals surface area contributed by atoms with Crippen LogP contribution in [-0.4, -0.2) is 6.54 Å².